The van der Waals surface area contributed by atoms with Crippen LogP contribution in [0.25, 0.3) is 11.3 Å². The van der Waals surface area contributed by atoms with E-state index in [-0.39, 0.29) is 5.97 Å². The Hall–Kier alpha value is -2.10. The molecule has 0 aliphatic rings. The fourth-order valence-electron chi connectivity index (χ4n) is 2.18. The molecule has 2 aromatic rings. The van der Waals surface area contributed by atoms with Crippen LogP contribution < -0.4 is 0 Å². The van der Waals surface area contributed by atoms with E-state index in [1.165, 1.54) is 5.56 Å². The first-order valence-corrected chi connectivity index (χ1v) is 6.98. The number of hydrogen-bond donors (Lipinski definition) is 1. The molecule has 0 saturated carbocycles. The van der Waals surface area contributed by atoms with Crippen LogP contribution in [0, 0.1) is 6.92 Å². The average Bonchev–Trinajstić information content (AvgIpc) is 2.84. The Balaban J connectivity index is 2.43. The number of hydrogen-bond acceptors (Lipinski definition) is 3. The number of benzene rings is 1. The van der Waals surface area contributed by atoms with Gasteiger partial charge in [0.25, 0.3) is 0 Å². The van der Waals surface area contributed by atoms with Gasteiger partial charge in [0.05, 0.1) is 12.3 Å². The summed E-state index contributed by atoms with van der Waals surface area (Å²) in [5.74, 6) is -0.332. The Labute approximate surface area is 119 Å². The topological polar surface area (TPSA) is 55.0 Å². The normalized spacial score (nSPS) is 10.6. The number of rotatable bonds is 5. The molecule has 0 aliphatic carbocycles. The Kier molecular flexibility index (Phi) is 4.56. The zero-order valence-electron chi connectivity index (χ0n) is 12.2. The van der Waals surface area contributed by atoms with Crippen LogP contribution in [-0.4, -0.2) is 22.8 Å². The standard InChI is InChI=1S/C16H20N2O2/c1-4-6-13-14(12-9-7-11(3)8-10-12)17-18-15(13)16(19)20-5-2/h7-10H,4-6H2,1-3H3,(H,17,18). The maximum Gasteiger partial charge on any atom is 0.356 e. The third kappa shape index (κ3) is 2.90. The first kappa shape index (κ1) is 14.3. The van der Waals surface area contributed by atoms with Gasteiger partial charge >= 0.3 is 5.97 Å². The summed E-state index contributed by atoms with van der Waals surface area (Å²) in [4.78, 5) is 11.9. The average molecular weight is 272 g/mol. The quantitative estimate of drug-likeness (QED) is 0.847. The highest BCUT2D eigenvalue weighted by atomic mass is 16.5. The van der Waals surface area contributed by atoms with Crippen molar-refractivity contribution in [1.82, 2.24) is 10.2 Å². The van der Waals surface area contributed by atoms with Gasteiger partial charge in [-0.25, -0.2) is 4.79 Å². The predicted octanol–water partition coefficient (Wildman–Crippen LogP) is 3.51. The molecule has 0 atom stereocenters. The molecule has 0 radical (unpaired) electrons. The van der Waals surface area contributed by atoms with E-state index in [9.17, 15) is 4.79 Å². The second-order valence-electron chi connectivity index (χ2n) is 4.76. The fraction of sp³-hybridized carbons (Fsp3) is 0.375. The molecule has 1 aromatic heterocycles. The summed E-state index contributed by atoms with van der Waals surface area (Å²) in [6, 6.07) is 8.15. The monoisotopic (exact) mass is 272 g/mol. The van der Waals surface area contributed by atoms with Crippen molar-refractivity contribution in [3.63, 3.8) is 0 Å². The van der Waals surface area contributed by atoms with Crippen LogP contribution in [0.5, 0.6) is 0 Å². The maximum atomic E-state index is 11.9. The van der Waals surface area contributed by atoms with Gasteiger partial charge in [-0.2, -0.15) is 5.10 Å². The van der Waals surface area contributed by atoms with E-state index >= 15 is 0 Å². The van der Waals surface area contributed by atoms with E-state index in [2.05, 4.69) is 17.1 Å². The highest BCUT2D eigenvalue weighted by molar-refractivity contribution is 5.91. The third-order valence-corrected chi connectivity index (χ3v) is 3.17. The zero-order chi connectivity index (χ0) is 14.5. The number of esters is 1. The van der Waals surface area contributed by atoms with Gasteiger partial charge in [-0.15, -0.1) is 0 Å². The molecule has 106 valence electrons. The van der Waals surface area contributed by atoms with Gasteiger partial charge < -0.3 is 4.74 Å². The number of nitrogens with zero attached hydrogens (tertiary/aromatic N) is 1. The van der Waals surface area contributed by atoms with E-state index in [1.807, 2.05) is 31.2 Å². The molecule has 0 fully saturated rings. The number of aromatic amines is 1. The van der Waals surface area contributed by atoms with E-state index in [0.717, 1.165) is 29.7 Å². The van der Waals surface area contributed by atoms with Crippen molar-refractivity contribution in [1.29, 1.82) is 0 Å². The molecule has 2 rings (SSSR count). The van der Waals surface area contributed by atoms with Crippen LogP contribution in [0.3, 0.4) is 0 Å². The van der Waals surface area contributed by atoms with E-state index in [0.29, 0.717) is 12.3 Å². The maximum absolute atomic E-state index is 11.9. The van der Waals surface area contributed by atoms with Gasteiger partial charge in [-0.05, 0) is 20.3 Å². The summed E-state index contributed by atoms with van der Waals surface area (Å²) in [5, 5.41) is 7.14. The van der Waals surface area contributed by atoms with Gasteiger partial charge in [-0.1, -0.05) is 43.2 Å². The SMILES string of the molecule is CCCc1c(-c2ccc(C)cc2)n[nH]c1C(=O)OCC. The van der Waals surface area contributed by atoms with Crippen molar-refractivity contribution in [3.8, 4) is 11.3 Å². The zero-order valence-corrected chi connectivity index (χ0v) is 12.2. The molecule has 1 N–H and O–H groups in total. The lowest BCUT2D eigenvalue weighted by molar-refractivity contribution is 0.0518. The minimum absolute atomic E-state index is 0.332. The highest BCUT2D eigenvalue weighted by Gasteiger charge is 2.20. The van der Waals surface area contributed by atoms with E-state index in [1.54, 1.807) is 6.92 Å². The van der Waals surface area contributed by atoms with Crippen molar-refractivity contribution < 1.29 is 9.53 Å². The Morgan fingerprint density at radius 1 is 1.25 bits per heavy atom. The van der Waals surface area contributed by atoms with Crippen molar-refractivity contribution in [2.75, 3.05) is 6.61 Å². The number of nitrogens with one attached hydrogen (secondary N) is 1. The third-order valence-electron chi connectivity index (χ3n) is 3.17. The second-order valence-corrected chi connectivity index (χ2v) is 4.76. The number of aromatic nitrogens is 2. The van der Waals surface area contributed by atoms with Gasteiger partial charge in [0.15, 0.2) is 0 Å². The van der Waals surface area contributed by atoms with Crippen LogP contribution >= 0.6 is 0 Å². The smallest absolute Gasteiger partial charge is 0.356 e. The number of ether oxygens (including phenoxy) is 1. The van der Waals surface area contributed by atoms with Crippen LogP contribution in [0.1, 0.15) is 41.9 Å². The summed E-state index contributed by atoms with van der Waals surface area (Å²) >= 11 is 0. The fourth-order valence-corrected chi connectivity index (χ4v) is 2.18. The molecule has 0 amide bonds. The van der Waals surface area contributed by atoms with Gasteiger partial charge in [-0.3, -0.25) is 5.10 Å². The highest BCUT2D eigenvalue weighted by Crippen LogP contribution is 2.26. The van der Waals surface area contributed by atoms with Crippen LogP contribution in [0.2, 0.25) is 0 Å². The van der Waals surface area contributed by atoms with Gasteiger partial charge in [0, 0.05) is 11.1 Å². The molecule has 1 aromatic carbocycles. The van der Waals surface area contributed by atoms with Crippen LogP contribution in [0.4, 0.5) is 0 Å². The summed E-state index contributed by atoms with van der Waals surface area (Å²) < 4.78 is 5.07. The minimum atomic E-state index is -0.332. The minimum Gasteiger partial charge on any atom is -0.461 e. The molecular formula is C16H20N2O2. The number of H-pyrrole nitrogens is 1. The first-order chi connectivity index (χ1) is 9.67. The van der Waals surface area contributed by atoms with Crippen LogP contribution in [-0.2, 0) is 11.2 Å². The molecule has 1 heterocycles. The summed E-state index contributed by atoms with van der Waals surface area (Å²) in [6.07, 6.45) is 1.75. The molecule has 4 heteroatoms. The molecule has 0 bridgehead atoms. The molecule has 4 nitrogen and oxygen atoms in total. The van der Waals surface area contributed by atoms with Gasteiger partial charge in [0.2, 0.25) is 0 Å². The number of carbonyl (C=O) groups is 1. The van der Waals surface area contributed by atoms with Crippen molar-refractivity contribution >= 4 is 5.97 Å². The molecule has 0 aliphatic heterocycles. The lowest BCUT2D eigenvalue weighted by atomic mass is 10.0. The molecule has 0 spiro atoms. The number of aryl methyl sites for hydroxylation is 1. The molecule has 20 heavy (non-hydrogen) atoms. The first-order valence-electron chi connectivity index (χ1n) is 6.98. The van der Waals surface area contributed by atoms with E-state index in [4.69, 9.17) is 4.74 Å². The molecule has 0 unspecified atom stereocenters. The van der Waals surface area contributed by atoms with E-state index < -0.39 is 0 Å². The largest absolute Gasteiger partial charge is 0.461 e. The number of carbonyl (C=O) groups excluding carboxylic acids is 1. The molecule has 0 saturated heterocycles. The van der Waals surface area contributed by atoms with Crippen LogP contribution in [0.15, 0.2) is 24.3 Å². The van der Waals surface area contributed by atoms with Crippen molar-refractivity contribution in [3.05, 3.63) is 41.1 Å². The lowest BCUT2D eigenvalue weighted by Crippen LogP contribution is -2.08. The van der Waals surface area contributed by atoms with Crippen molar-refractivity contribution in [2.45, 2.75) is 33.6 Å². The van der Waals surface area contributed by atoms with Gasteiger partial charge in [0.1, 0.15) is 5.69 Å². The molecular weight excluding hydrogens is 252 g/mol. The lowest BCUT2D eigenvalue weighted by Gasteiger charge is -2.05. The Morgan fingerprint density at radius 3 is 2.55 bits per heavy atom. The summed E-state index contributed by atoms with van der Waals surface area (Å²) in [6.45, 7) is 6.30. The predicted molar refractivity (Wildman–Crippen MR) is 78.7 cm³/mol. The van der Waals surface area contributed by atoms with Crippen molar-refractivity contribution in [2.24, 2.45) is 0 Å². The Bertz CT molecular complexity index is 585. The summed E-state index contributed by atoms with van der Waals surface area (Å²) in [7, 11) is 0. The Morgan fingerprint density at radius 2 is 1.95 bits per heavy atom. The summed E-state index contributed by atoms with van der Waals surface area (Å²) in [5.41, 5.74) is 4.48. The second kappa shape index (κ2) is 6.37.